The number of hydrogen-bond donors (Lipinski definition) is 0. The summed E-state index contributed by atoms with van der Waals surface area (Å²) in [5.74, 6) is -0.428. The molecule has 0 aliphatic heterocycles. The van der Waals surface area contributed by atoms with Crippen LogP contribution < -0.4 is 14.2 Å². The number of pyridine rings is 1. The van der Waals surface area contributed by atoms with Gasteiger partial charge in [-0.3, -0.25) is 4.98 Å². The van der Waals surface area contributed by atoms with E-state index in [-0.39, 0.29) is 34.9 Å². The third-order valence-electron chi connectivity index (χ3n) is 5.68. The number of hydrogen-bond acceptors (Lipinski definition) is 6. The van der Waals surface area contributed by atoms with E-state index in [4.69, 9.17) is 14.2 Å². The largest absolute Gasteiger partial charge is 0.573 e. The Bertz CT molecular complexity index is 1350. The Morgan fingerprint density at radius 3 is 2.05 bits per heavy atom. The van der Waals surface area contributed by atoms with Crippen LogP contribution in [0.15, 0.2) is 48.5 Å². The molecule has 40 heavy (non-hydrogen) atoms. The molecule has 0 fully saturated rings. The minimum atomic E-state index is -4.90. The fraction of sp³-hybridized carbons (Fsp3) is 0.357. The van der Waals surface area contributed by atoms with E-state index in [9.17, 15) is 31.1 Å². The van der Waals surface area contributed by atoms with Gasteiger partial charge < -0.3 is 18.9 Å². The number of rotatable bonds is 9. The van der Waals surface area contributed by atoms with Crippen molar-refractivity contribution in [2.75, 3.05) is 6.61 Å². The summed E-state index contributed by atoms with van der Waals surface area (Å²) in [7, 11) is 0. The maximum atomic E-state index is 14.0. The number of esters is 1. The van der Waals surface area contributed by atoms with Crippen LogP contribution >= 0.6 is 0 Å². The van der Waals surface area contributed by atoms with Gasteiger partial charge in [-0.05, 0) is 88.7 Å². The van der Waals surface area contributed by atoms with Crippen LogP contribution in [0.2, 0.25) is 0 Å². The average Bonchev–Trinajstić information content (AvgIpc) is 2.83. The molecule has 216 valence electrons. The number of carbonyl (C=O) groups is 1. The maximum absolute atomic E-state index is 14.0. The Hall–Kier alpha value is -3.96. The number of alkyl halides is 6. The Balaban J connectivity index is 1.83. The quantitative estimate of drug-likeness (QED) is 0.195. The first kappa shape index (κ1) is 30.6. The van der Waals surface area contributed by atoms with Crippen molar-refractivity contribution in [2.24, 2.45) is 0 Å². The molecule has 6 nitrogen and oxygen atoms in total. The maximum Gasteiger partial charge on any atom is 0.573 e. The summed E-state index contributed by atoms with van der Waals surface area (Å²) in [4.78, 5) is 16.3. The second-order valence-electron chi connectivity index (χ2n) is 9.24. The zero-order chi connectivity index (χ0) is 29.9. The van der Waals surface area contributed by atoms with Crippen molar-refractivity contribution < 1.29 is 50.1 Å². The van der Waals surface area contributed by atoms with Gasteiger partial charge in [0.1, 0.15) is 23.9 Å². The van der Waals surface area contributed by atoms with Gasteiger partial charge in [-0.15, -0.1) is 13.2 Å². The van der Waals surface area contributed by atoms with Crippen LogP contribution in [-0.2, 0) is 22.3 Å². The standard InChI is InChI=1S/C28H27F6NO5/c1-6-37-25(36)26(4,5)40-24-12-11-20(13-16(24)2)38-15-21-17(3)35-23(14-22(21)27(29,30)31)18-7-9-19(10-8-18)39-28(32,33)34/h7-14H,6,15H2,1-5H3. The number of nitrogens with zero attached hydrogens (tertiary/aromatic N) is 1. The molecule has 3 aromatic rings. The van der Waals surface area contributed by atoms with Crippen LogP contribution in [-0.4, -0.2) is 29.5 Å². The van der Waals surface area contributed by atoms with Crippen LogP contribution in [0.3, 0.4) is 0 Å². The van der Waals surface area contributed by atoms with Crippen molar-refractivity contribution in [1.82, 2.24) is 4.98 Å². The van der Waals surface area contributed by atoms with E-state index in [1.807, 2.05) is 0 Å². The molecular formula is C28H27F6NO5. The highest BCUT2D eigenvalue weighted by molar-refractivity contribution is 5.79. The highest BCUT2D eigenvalue weighted by Gasteiger charge is 2.36. The molecule has 0 aliphatic rings. The zero-order valence-electron chi connectivity index (χ0n) is 22.3. The molecule has 0 unspecified atom stereocenters. The number of aromatic nitrogens is 1. The second-order valence-corrected chi connectivity index (χ2v) is 9.24. The molecule has 0 saturated carbocycles. The predicted octanol–water partition coefficient (Wildman–Crippen LogP) is 7.58. The van der Waals surface area contributed by atoms with E-state index in [1.165, 1.54) is 31.2 Å². The Morgan fingerprint density at radius 1 is 0.875 bits per heavy atom. The molecule has 3 rings (SSSR count). The molecule has 1 aromatic heterocycles. The normalized spacial score (nSPS) is 12.2. The van der Waals surface area contributed by atoms with Crippen LogP contribution in [0.4, 0.5) is 26.3 Å². The van der Waals surface area contributed by atoms with Gasteiger partial charge in [-0.1, -0.05) is 0 Å². The lowest BCUT2D eigenvalue weighted by atomic mass is 10.0. The number of ether oxygens (including phenoxy) is 4. The predicted molar refractivity (Wildman–Crippen MR) is 133 cm³/mol. The lowest BCUT2D eigenvalue weighted by Crippen LogP contribution is -2.39. The lowest BCUT2D eigenvalue weighted by molar-refractivity contribution is -0.274. The summed E-state index contributed by atoms with van der Waals surface area (Å²) in [6, 6.07) is 9.79. The lowest BCUT2D eigenvalue weighted by Gasteiger charge is -2.25. The second kappa shape index (κ2) is 11.6. The van der Waals surface area contributed by atoms with Gasteiger partial charge in [0.2, 0.25) is 0 Å². The van der Waals surface area contributed by atoms with Crippen molar-refractivity contribution in [3.8, 4) is 28.5 Å². The summed E-state index contributed by atoms with van der Waals surface area (Å²) in [5, 5.41) is 0. The SMILES string of the molecule is CCOC(=O)C(C)(C)Oc1ccc(OCc2c(C(F)(F)F)cc(-c3ccc(OC(F)(F)F)cc3)nc2C)cc1C. The van der Waals surface area contributed by atoms with Crippen LogP contribution in [0.1, 0.15) is 43.2 Å². The molecule has 2 aromatic carbocycles. The number of halogens is 6. The molecule has 0 radical (unpaired) electrons. The molecule has 0 atom stereocenters. The number of carbonyl (C=O) groups excluding carboxylic acids is 1. The van der Waals surface area contributed by atoms with Gasteiger partial charge in [0.05, 0.1) is 17.9 Å². The van der Waals surface area contributed by atoms with Gasteiger partial charge in [-0.2, -0.15) is 13.2 Å². The molecule has 12 heteroatoms. The third-order valence-corrected chi connectivity index (χ3v) is 5.68. The molecule has 0 aliphatic carbocycles. The summed E-state index contributed by atoms with van der Waals surface area (Å²) in [6.07, 6.45) is -9.65. The van der Waals surface area contributed by atoms with Crippen molar-refractivity contribution in [3.05, 3.63) is 70.9 Å². The van der Waals surface area contributed by atoms with Crippen molar-refractivity contribution in [1.29, 1.82) is 0 Å². The first-order chi connectivity index (χ1) is 18.5. The topological polar surface area (TPSA) is 66.9 Å². The number of aryl methyl sites for hydroxylation is 2. The smallest absolute Gasteiger partial charge is 0.489 e. The molecule has 0 bridgehead atoms. The first-order valence-corrected chi connectivity index (χ1v) is 12.0. The first-order valence-electron chi connectivity index (χ1n) is 12.0. The van der Waals surface area contributed by atoms with E-state index in [1.54, 1.807) is 33.8 Å². The summed E-state index contributed by atoms with van der Waals surface area (Å²) < 4.78 is 99.5. The van der Waals surface area contributed by atoms with Gasteiger partial charge in [0, 0.05) is 16.8 Å². The van der Waals surface area contributed by atoms with E-state index in [2.05, 4.69) is 9.72 Å². The fourth-order valence-corrected chi connectivity index (χ4v) is 3.71. The molecule has 0 amide bonds. The van der Waals surface area contributed by atoms with Gasteiger partial charge in [0.25, 0.3) is 0 Å². The Kier molecular flexibility index (Phi) is 8.90. The average molecular weight is 572 g/mol. The Morgan fingerprint density at radius 2 is 1.50 bits per heavy atom. The van der Waals surface area contributed by atoms with Gasteiger partial charge >= 0.3 is 18.5 Å². The van der Waals surface area contributed by atoms with Crippen LogP contribution in [0.5, 0.6) is 17.2 Å². The molecule has 0 spiro atoms. The van der Waals surface area contributed by atoms with Crippen molar-refractivity contribution >= 4 is 5.97 Å². The minimum Gasteiger partial charge on any atom is -0.489 e. The minimum absolute atomic E-state index is 0.0355. The summed E-state index contributed by atoms with van der Waals surface area (Å²) in [6.45, 7) is 7.59. The number of benzene rings is 2. The molecule has 0 N–H and O–H groups in total. The van der Waals surface area contributed by atoms with E-state index in [0.29, 0.717) is 11.3 Å². The fourth-order valence-electron chi connectivity index (χ4n) is 3.71. The van der Waals surface area contributed by atoms with E-state index in [0.717, 1.165) is 18.2 Å². The molecule has 0 saturated heterocycles. The van der Waals surface area contributed by atoms with Gasteiger partial charge in [0.15, 0.2) is 5.60 Å². The summed E-state index contributed by atoms with van der Waals surface area (Å²) >= 11 is 0. The van der Waals surface area contributed by atoms with E-state index < -0.39 is 42.0 Å². The zero-order valence-corrected chi connectivity index (χ0v) is 22.3. The van der Waals surface area contributed by atoms with Crippen LogP contribution in [0, 0.1) is 13.8 Å². The summed E-state index contributed by atoms with van der Waals surface area (Å²) in [5.41, 5.74) is -1.74. The highest BCUT2D eigenvalue weighted by atomic mass is 19.4. The van der Waals surface area contributed by atoms with E-state index >= 15 is 0 Å². The third kappa shape index (κ3) is 7.80. The van der Waals surface area contributed by atoms with Gasteiger partial charge in [-0.25, -0.2) is 4.79 Å². The monoisotopic (exact) mass is 571 g/mol. The highest BCUT2D eigenvalue weighted by Crippen LogP contribution is 2.37. The molecular weight excluding hydrogens is 544 g/mol. The van der Waals surface area contributed by atoms with Crippen molar-refractivity contribution in [3.63, 3.8) is 0 Å². The van der Waals surface area contributed by atoms with Crippen LogP contribution in [0.25, 0.3) is 11.3 Å². The Labute approximate surface area is 226 Å². The molecule has 1 heterocycles. The van der Waals surface area contributed by atoms with Crippen molar-refractivity contribution in [2.45, 2.75) is 59.4 Å².